The zero-order chi connectivity index (χ0) is 17.6. The van der Waals surface area contributed by atoms with Crippen molar-refractivity contribution in [1.29, 1.82) is 0 Å². The Kier molecular flexibility index (Phi) is 5.68. The van der Waals surface area contributed by atoms with Crippen molar-refractivity contribution in [2.75, 3.05) is 11.9 Å². The second-order valence-corrected chi connectivity index (χ2v) is 7.01. The van der Waals surface area contributed by atoms with Gasteiger partial charge < -0.3 is 10.6 Å². The van der Waals surface area contributed by atoms with Crippen LogP contribution in [0.25, 0.3) is 11.3 Å². The second kappa shape index (κ2) is 8.14. The molecular weight excluding hydrogens is 354 g/mol. The van der Waals surface area contributed by atoms with E-state index in [2.05, 4.69) is 15.6 Å². The van der Waals surface area contributed by atoms with E-state index in [9.17, 15) is 4.79 Å². The van der Waals surface area contributed by atoms with Gasteiger partial charge in [0.05, 0.1) is 10.7 Å². The number of nitrogens with one attached hydrogen (secondary N) is 2. The maximum Gasteiger partial charge on any atom is 0.319 e. The zero-order valence-electron chi connectivity index (χ0n) is 13.8. The number of carbonyl (C=O) groups is 1. The van der Waals surface area contributed by atoms with E-state index in [0.717, 1.165) is 27.5 Å². The zero-order valence-corrected chi connectivity index (χ0v) is 15.3. The van der Waals surface area contributed by atoms with E-state index < -0.39 is 0 Å². The molecule has 4 nitrogen and oxygen atoms in total. The Balaban J connectivity index is 1.48. The number of aromatic nitrogens is 1. The summed E-state index contributed by atoms with van der Waals surface area (Å²) in [5.41, 5.74) is 3.91. The second-order valence-electron chi connectivity index (χ2n) is 5.63. The first kappa shape index (κ1) is 17.5. The van der Waals surface area contributed by atoms with E-state index >= 15 is 0 Å². The maximum atomic E-state index is 11.9. The van der Waals surface area contributed by atoms with Crippen LogP contribution in [0.15, 0.2) is 53.9 Å². The molecule has 3 aromatic rings. The number of amides is 2. The Morgan fingerprint density at radius 3 is 2.56 bits per heavy atom. The molecule has 0 aliphatic rings. The summed E-state index contributed by atoms with van der Waals surface area (Å²) in [7, 11) is 0. The summed E-state index contributed by atoms with van der Waals surface area (Å²) < 4.78 is 0. The molecule has 6 heteroatoms. The number of halogens is 1. The number of carbonyl (C=O) groups excluding carboxylic acids is 1. The summed E-state index contributed by atoms with van der Waals surface area (Å²) in [6, 6.07) is 15.1. The minimum absolute atomic E-state index is 0.210. The van der Waals surface area contributed by atoms with Gasteiger partial charge >= 0.3 is 6.03 Å². The Bertz CT molecular complexity index is 844. The molecule has 0 spiro atoms. The van der Waals surface area contributed by atoms with Crippen LogP contribution in [0, 0.1) is 6.92 Å². The van der Waals surface area contributed by atoms with Crippen LogP contribution in [0.4, 0.5) is 10.5 Å². The fraction of sp³-hybridized carbons (Fsp3) is 0.158. The summed E-state index contributed by atoms with van der Waals surface area (Å²) in [4.78, 5) is 16.5. The van der Waals surface area contributed by atoms with E-state index in [1.54, 1.807) is 11.3 Å². The minimum atomic E-state index is -0.210. The van der Waals surface area contributed by atoms with Crippen LogP contribution in [0.1, 0.15) is 10.6 Å². The lowest BCUT2D eigenvalue weighted by Gasteiger charge is -2.07. The summed E-state index contributed by atoms with van der Waals surface area (Å²) >= 11 is 7.49. The molecule has 1 heterocycles. The van der Waals surface area contributed by atoms with Crippen LogP contribution < -0.4 is 10.6 Å². The number of hydrogen-bond acceptors (Lipinski definition) is 3. The van der Waals surface area contributed by atoms with Gasteiger partial charge in [-0.1, -0.05) is 41.4 Å². The van der Waals surface area contributed by atoms with Gasteiger partial charge in [0.1, 0.15) is 0 Å². The van der Waals surface area contributed by atoms with Gasteiger partial charge in [-0.15, -0.1) is 11.3 Å². The molecular formula is C19H18ClN3OS. The third-order valence-electron chi connectivity index (χ3n) is 3.63. The van der Waals surface area contributed by atoms with Crippen molar-refractivity contribution < 1.29 is 4.79 Å². The number of anilines is 1. The molecule has 0 saturated heterocycles. The summed E-state index contributed by atoms with van der Waals surface area (Å²) in [6.07, 6.45) is 0.694. The molecule has 0 bridgehead atoms. The fourth-order valence-corrected chi connectivity index (χ4v) is 3.21. The molecule has 0 fully saturated rings. The molecule has 0 unspecified atom stereocenters. The molecule has 128 valence electrons. The number of urea groups is 1. The smallest absolute Gasteiger partial charge is 0.319 e. The predicted octanol–water partition coefficient (Wildman–Crippen LogP) is 5.14. The quantitative estimate of drug-likeness (QED) is 0.652. The first-order valence-corrected chi connectivity index (χ1v) is 9.18. The number of rotatable bonds is 5. The van der Waals surface area contributed by atoms with Gasteiger partial charge in [-0.2, -0.15) is 0 Å². The van der Waals surface area contributed by atoms with Gasteiger partial charge in [0, 0.05) is 34.6 Å². The molecule has 3 rings (SSSR count). The van der Waals surface area contributed by atoms with Crippen molar-refractivity contribution in [3.8, 4) is 11.3 Å². The van der Waals surface area contributed by atoms with Crippen molar-refractivity contribution in [2.45, 2.75) is 13.3 Å². The Labute approximate surface area is 155 Å². The Hall–Kier alpha value is -2.37. The highest BCUT2D eigenvalue weighted by atomic mass is 35.5. The third-order valence-corrected chi connectivity index (χ3v) is 4.79. The first-order chi connectivity index (χ1) is 12.1. The highest BCUT2D eigenvalue weighted by Crippen LogP contribution is 2.23. The summed E-state index contributed by atoms with van der Waals surface area (Å²) in [5.74, 6) is 0. The standard InChI is InChI=1S/C19H18ClN3OS/c1-13-2-8-16(9-3-13)22-19(24)21-11-10-18-23-17(12-25-18)14-4-6-15(20)7-5-14/h2-9,12H,10-11H2,1H3,(H2,21,22,24). The van der Waals surface area contributed by atoms with Crippen molar-refractivity contribution in [3.63, 3.8) is 0 Å². The van der Waals surface area contributed by atoms with Crippen molar-refractivity contribution in [1.82, 2.24) is 10.3 Å². The van der Waals surface area contributed by atoms with Crippen LogP contribution in [0.3, 0.4) is 0 Å². The average Bonchev–Trinajstić information content (AvgIpc) is 3.06. The van der Waals surface area contributed by atoms with E-state index in [1.165, 1.54) is 0 Å². The fourth-order valence-electron chi connectivity index (χ4n) is 2.27. The van der Waals surface area contributed by atoms with E-state index in [0.29, 0.717) is 18.0 Å². The van der Waals surface area contributed by atoms with E-state index in [1.807, 2.05) is 60.8 Å². The first-order valence-electron chi connectivity index (χ1n) is 7.92. The van der Waals surface area contributed by atoms with E-state index in [-0.39, 0.29) is 6.03 Å². The third kappa shape index (κ3) is 5.05. The highest BCUT2D eigenvalue weighted by molar-refractivity contribution is 7.09. The predicted molar refractivity (Wildman–Crippen MR) is 104 cm³/mol. The molecule has 0 aliphatic heterocycles. The monoisotopic (exact) mass is 371 g/mol. The van der Waals surface area contributed by atoms with Crippen molar-refractivity contribution >= 4 is 34.7 Å². The molecule has 0 radical (unpaired) electrons. The van der Waals surface area contributed by atoms with Crippen LogP contribution in [0.5, 0.6) is 0 Å². The van der Waals surface area contributed by atoms with Crippen LogP contribution in [-0.2, 0) is 6.42 Å². The molecule has 0 saturated carbocycles. The van der Waals surface area contributed by atoms with Crippen LogP contribution >= 0.6 is 22.9 Å². The normalized spacial score (nSPS) is 10.5. The lowest BCUT2D eigenvalue weighted by Crippen LogP contribution is -2.30. The Morgan fingerprint density at radius 2 is 1.84 bits per heavy atom. The van der Waals surface area contributed by atoms with Gasteiger partial charge in [0.25, 0.3) is 0 Å². The summed E-state index contributed by atoms with van der Waals surface area (Å²) in [5, 5.41) is 9.38. The lowest BCUT2D eigenvalue weighted by atomic mass is 10.2. The van der Waals surface area contributed by atoms with Gasteiger partial charge in [0.2, 0.25) is 0 Å². The molecule has 2 N–H and O–H groups in total. The van der Waals surface area contributed by atoms with Gasteiger partial charge in [-0.25, -0.2) is 9.78 Å². The van der Waals surface area contributed by atoms with Gasteiger partial charge in [-0.3, -0.25) is 0 Å². The molecule has 0 atom stereocenters. The van der Waals surface area contributed by atoms with E-state index in [4.69, 9.17) is 11.6 Å². The van der Waals surface area contributed by atoms with Crippen molar-refractivity contribution in [3.05, 3.63) is 69.5 Å². The van der Waals surface area contributed by atoms with Crippen molar-refractivity contribution in [2.24, 2.45) is 0 Å². The highest BCUT2D eigenvalue weighted by Gasteiger charge is 2.06. The molecule has 0 aliphatic carbocycles. The number of hydrogen-bond donors (Lipinski definition) is 2. The maximum absolute atomic E-state index is 11.9. The molecule has 25 heavy (non-hydrogen) atoms. The van der Waals surface area contributed by atoms with Crippen LogP contribution in [0.2, 0.25) is 5.02 Å². The number of nitrogens with zero attached hydrogens (tertiary/aromatic N) is 1. The van der Waals surface area contributed by atoms with Gasteiger partial charge in [0.15, 0.2) is 0 Å². The van der Waals surface area contributed by atoms with Crippen LogP contribution in [-0.4, -0.2) is 17.6 Å². The SMILES string of the molecule is Cc1ccc(NC(=O)NCCc2nc(-c3ccc(Cl)cc3)cs2)cc1. The lowest BCUT2D eigenvalue weighted by molar-refractivity contribution is 0.252. The number of benzene rings is 2. The van der Waals surface area contributed by atoms with Gasteiger partial charge in [-0.05, 0) is 31.2 Å². The molecule has 1 aromatic heterocycles. The average molecular weight is 372 g/mol. The molecule has 2 amide bonds. The minimum Gasteiger partial charge on any atom is -0.337 e. The number of thiazole rings is 1. The molecule has 2 aromatic carbocycles. The number of aryl methyl sites for hydroxylation is 1. The largest absolute Gasteiger partial charge is 0.337 e. The Morgan fingerprint density at radius 1 is 1.12 bits per heavy atom. The summed E-state index contributed by atoms with van der Waals surface area (Å²) in [6.45, 7) is 2.54. The topological polar surface area (TPSA) is 54.0 Å².